The topological polar surface area (TPSA) is 35.6 Å². The fourth-order valence-corrected chi connectivity index (χ4v) is 3.91. The number of amides is 1. The van der Waals surface area contributed by atoms with Crippen molar-refractivity contribution < 1.29 is 4.79 Å². The van der Waals surface area contributed by atoms with Crippen LogP contribution in [0, 0.1) is 12.8 Å². The molecule has 1 saturated heterocycles. The lowest BCUT2D eigenvalue weighted by Gasteiger charge is -2.38. The fraction of sp³-hybridized carbons (Fsp3) is 0.650. The monoisotopic (exact) mass is 329 g/mol. The Balaban J connectivity index is 1.66. The molecule has 1 amide bonds. The summed E-state index contributed by atoms with van der Waals surface area (Å²) < 4.78 is 0. The van der Waals surface area contributed by atoms with Gasteiger partial charge in [-0.05, 0) is 32.4 Å². The smallest absolute Gasteiger partial charge is 0.223 e. The Morgan fingerprint density at radius 1 is 1.12 bits per heavy atom. The molecular formula is C20H31N3O. The van der Waals surface area contributed by atoms with Crippen molar-refractivity contribution in [1.82, 2.24) is 15.1 Å². The first kappa shape index (κ1) is 17.4. The molecule has 1 heterocycles. The molecule has 0 bridgehead atoms. The van der Waals surface area contributed by atoms with Crippen molar-refractivity contribution in [1.29, 1.82) is 0 Å². The maximum Gasteiger partial charge on any atom is 0.223 e. The predicted octanol–water partition coefficient (Wildman–Crippen LogP) is 2.59. The van der Waals surface area contributed by atoms with Gasteiger partial charge in [0.05, 0.1) is 6.04 Å². The quantitative estimate of drug-likeness (QED) is 0.902. The maximum absolute atomic E-state index is 12.4. The Labute approximate surface area is 146 Å². The third-order valence-corrected chi connectivity index (χ3v) is 5.64. The summed E-state index contributed by atoms with van der Waals surface area (Å²) in [5.41, 5.74) is 2.60. The summed E-state index contributed by atoms with van der Waals surface area (Å²) in [5, 5.41) is 3.25. The highest BCUT2D eigenvalue weighted by Crippen LogP contribution is 2.26. The molecule has 3 rings (SSSR count). The summed E-state index contributed by atoms with van der Waals surface area (Å²) in [6.07, 6.45) is 4.54. The minimum absolute atomic E-state index is 0.246. The number of hydrogen-bond acceptors (Lipinski definition) is 3. The molecule has 132 valence electrons. The second kappa shape index (κ2) is 8.13. The number of benzene rings is 1. The van der Waals surface area contributed by atoms with Gasteiger partial charge in [0, 0.05) is 38.6 Å². The van der Waals surface area contributed by atoms with Crippen LogP contribution in [0.25, 0.3) is 0 Å². The number of piperazine rings is 1. The zero-order valence-corrected chi connectivity index (χ0v) is 15.1. The number of rotatable bonds is 5. The molecule has 1 aliphatic carbocycles. The van der Waals surface area contributed by atoms with Crippen LogP contribution in [0.2, 0.25) is 0 Å². The van der Waals surface area contributed by atoms with E-state index < -0.39 is 0 Å². The lowest BCUT2D eigenvalue weighted by atomic mass is 10.0. The van der Waals surface area contributed by atoms with Gasteiger partial charge < -0.3 is 10.2 Å². The van der Waals surface area contributed by atoms with E-state index in [2.05, 4.69) is 53.4 Å². The van der Waals surface area contributed by atoms with E-state index in [-0.39, 0.29) is 17.9 Å². The van der Waals surface area contributed by atoms with E-state index in [0.717, 1.165) is 45.6 Å². The SMILES string of the molecule is Cc1ccc([C@H](CNC(=O)C2CCCC2)N2CCN(C)CC2)cc1. The Kier molecular flexibility index (Phi) is 5.90. The second-order valence-electron chi connectivity index (χ2n) is 7.49. The van der Waals surface area contributed by atoms with Crippen molar-refractivity contribution in [3.05, 3.63) is 35.4 Å². The molecule has 1 atom stereocenters. The third-order valence-electron chi connectivity index (χ3n) is 5.64. The van der Waals surface area contributed by atoms with E-state index >= 15 is 0 Å². The normalized spacial score (nSPS) is 21.8. The van der Waals surface area contributed by atoms with Gasteiger partial charge in [-0.1, -0.05) is 42.7 Å². The van der Waals surface area contributed by atoms with Gasteiger partial charge in [-0.15, -0.1) is 0 Å². The minimum atomic E-state index is 0.246. The van der Waals surface area contributed by atoms with Gasteiger partial charge >= 0.3 is 0 Å². The van der Waals surface area contributed by atoms with E-state index in [1.165, 1.54) is 24.0 Å². The molecule has 24 heavy (non-hydrogen) atoms. The van der Waals surface area contributed by atoms with Crippen LogP contribution < -0.4 is 5.32 Å². The van der Waals surface area contributed by atoms with Crippen LogP contribution in [0.4, 0.5) is 0 Å². The zero-order valence-electron chi connectivity index (χ0n) is 15.1. The highest BCUT2D eigenvalue weighted by molar-refractivity contribution is 5.78. The first-order valence-electron chi connectivity index (χ1n) is 9.40. The van der Waals surface area contributed by atoms with Crippen LogP contribution in [0.3, 0.4) is 0 Å². The molecule has 1 aliphatic heterocycles. The summed E-state index contributed by atoms with van der Waals surface area (Å²) in [5.74, 6) is 0.509. The largest absolute Gasteiger partial charge is 0.354 e. The average molecular weight is 329 g/mol. The highest BCUT2D eigenvalue weighted by Gasteiger charge is 2.27. The predicted molar refractivity (Wildman–Crippen MR) is 98.0 cm³/mol. The number of carbonyl (C=O) groups is 1. The van der Waals surface area contributed by atoms with Crippen molar-refractivity contribution >= 4 is 5.91 Å². The van der Waals surface area contributed by atoms with E-state index in [0.29, 0.717) is 0 Å². The van der Waals surface area contributed by atoms with Gasteiger partial charge in [0.2, 0.25) is 5.91 Å². The number of nitrogens with one attached hydrogen (secondary N) is 1. The summed E-state index contributed by atoms with van der Waals surface area (Å²) in [6.45, 7) is 7.17. The molecule has 0 unspecified atom stereocenters. The summed E-state index contributed by atoms with van der Waals surface area (Å²) in [7, 11) is 2.18. The van der Waals surface area contributed by atoms with Crippen molar-refractivity contribution in [3.8, 4) is 0 Å². The Morgan fingerprint density at radius 2 is 1.75 bits per heavy atom. The lowest BCUT2D eigenvalue weighted by Crippen LogP contribution is -2.48. The molecule has 4 heteroatoms. The Bertz CT molecular complexity index is 528. The van der Waals surface area contributed by atoms with Crippen LogP contribution in [0.15, 0.2) is 24.3 Å². The second-order valence-corrected chi connectivity index (χ2v) is 7.49. The van der Waals surface area contributed by atoms with Gasteiger partial charge in [-0.3, -0.25) is 9.69 Å². The van der Waals surface area contributed by atoms with Crippen LogP contribution in [0.5, 0.6) is 0 Å². The molecule has 1 aromatic carbocycles. The van der Waals surface area contributed by atoms with Crippen molar-refractivity contribution in [2.75, 3.05) is 39.8 Å². The number of likely N-dealkylation sites (N-methyl/N-ethyl adjacent to an activating group) is 1. The minimum Gasteiger partial charge on any atom is -0.354 e. The standard InChI is InChI=1S/C20H31N3O/c1-16-7-9-17(10-8-16)19(23-13-11-22(2)12-14-23)15-21-20(24)18-5-3-4-6-18/h7-10,18-19H,3-6,11-15H2,1-2H3,(H,21,24)/t19-/m0/s1. The summed E-state index contributed by atoms with van der Waals surface area (Å²) in [6, 6.07) is 9.08. The van der Waals surface area contributed by atoms with Crippen molar-refractivity contribution in [3.63, 3.8) is 0 Å². The molecule has 2 fully saturated rings. The first-order valence-corrected chi connectivity index (χ1v) is 9.40. The van der Waals surface area contributed by atoms with E-state index in [1.54, 1.807) is 0 Å². The number of nitrogens with zero attached hydrogens (tertiary/aromatic N) is 2. The molecule has 0 radical (unpaired) electrons. The van der Waals surface area contributed by atoms with Gasteiger partial charge in [-0.2, -0.15) is 0 Å². The van der Waals surface area contributed by atoms with E-state index in [9.17, 15) is 4.79 Å². The van der Waals surface area contributed by atoms with Gasteiger partial charge in [-0.25, -0.2) is 0 Å². The van der Waals surface area contributed by atoms with Crippen LogP contribution in [0.1, 0.15) is 42.9 Å². The fourth-order valence-electron chi connectivity index (χ4n) is 3.91. The number of carbonyl (C=O) groups excluding carboxylic acids is 1. The van der Waals surface area contributed by atoms with Gasteiger partial charge in [0.25, 0.3) is 0 Å². The van der Waals surface area contributed by atoms with E-state index in [4.69, 9.17) is 0 Å². The van der Waals surface area contributed by atoms with Crippen LogP contribution in [-0.2, 0) is 4.79 Å². The highest BCUT2D eigenvalue weighted by atomic mass is 16.1. The molecule has 1 saturated carbocycles. The van der Waals surface area contributed by atoms with Gasteiger partial charge in [0.1, 0.15) is 0 Å². The molecule has 4 nitrogen and oxygen atoms in total. The molecule has 0 spiro atoms. The summed E-state index contributed by atoms with van der Waals surface area (Å²) in [4.78, 5) is 17.3. The van der Waals surface area contributed by atoms with Gasteiger partial charge in [0.15, 0.2) is 0 Å². The van der Waals surface area contributed by atoms with E-state index in [1.807, 2.05) is 0 Å². The molecule has 1 aromatic rings. The Morgan fingerprint density at radius 3 is 2.38 bits per heavy atom. The number of aryl methyl sites for hydroxylation is 1. The Hall–Kier alpha value is -1.39. The summed E-state index contributed by atoms with van der Waals surface area (Å²) >= 11 is 0. The molecule has 0 aromatic heterocycles. The number of hydrogen-bond donors (Lipinski definition) is 1. The zero-order chi connectivity index (χ0) is 16.9. The maximum atomic E-state index is 12.4. The molecular weight excluding hydrogens is 298 g/mol. The lowest BCUT2D eigenvalue weighted by molar-refractivity contribution is -0.125. The van der Waals surface area contributed by atoms with Crippen molar-refractivity contribution in [2.24, 2.45) is 5.92 Å². The first-order chi connectivity index (χ1) is 11.6. The third kappa shape index (κ3) is 4.37. The van der Waals surface area contributed by atoms with Crippen molar-refractivity contribution in [2.45, 2.75) is 38.6 Å². The molecule has 2 aliphatic rings. The average Bonchev–Trinajstić information content (AvgIpc) is 3.12. The molecule has 1 N–H and O–H groups in total. The van der Waals surface area contributed by atoms with Crippen LogP contribution in [-0.4, -0.2) is 55.5 Å². The van der Waals surface area contributed by atoms with Crippen LogP contribution >= 0.6 is 0 Å².